The van der Waals surface area contributed by atoms with Gasteiger partial charge in [0.15, 0.2) is 11.7 Å². The van der Waals surface area contributed by atoms with E-state index in [1.54, 1.807) is 0 Å². The first-order valence-electron chi connectivity index (χ1n) is 6.31. The fourth-order valence-corrected chi connectivity index (χ4v) is 2.47. The molecule has 0 aliphatic heterocycles. The molecule has 0 bridgehead atoms. The number of hydrogen-bond acceptors (Lipinski definition) is 5. The van der Waals surface area contributed by atoms with Gasteiger partial charge in [0.05, 0.1) is 11.8 Å². The maximum Gasteiger partial charge on any atom is 0.185 e. The Morgan fingerprint density at radius 1 is 1.30 bits per heavy atom. The molecule has 0 aliphatic carbocycles. The van der Waals surface area contributed by atoms with Gasteiger partial charge in [-0.05, 0) is 25.0 Å². The monoisotopic (exact) mass is 295 g/mol. The van der Waals surface area contributed by atoms with Crippen LogP contribution in [0, 0.1) is 0 Å². The second-order valence-corrected chi connectivity index (χ2v) is 5.37. The lowest BCUT2D eigenvalue weighted by Crippen LogP contribution is -2.32. The van der Waals surface area contributed by atoms with Crippen molar-refractivity contribution in [3.63, 3.8) is 0 Å². The summed E-state index contributed by atoms with van der Waals surface area (Å²) in [5.74, 6) is 0.375. The number of Topliss-reactive ketones (excluding diaryl/α,β-unsaturated/α-hetero) is 1. The third-order valence-electron chi connectivity index (χ3n) is 2.67. The van der Waals surface area contributed by atoms with Crippen molar-refractivity contribution in [2.75, 3.05) is 18.0 Å². The molecule has 0 fully saturated rings. The van der Waals surface area contributed by atoms with E-state index in [1.807, 2.05) is 24.3 Å². The van der Waals surface area contributed by atoms with Crippen molar-refractivity contribution in [1.82, 2.24) is 0 Å². The summed E-state index contributed by atoms with van der Waals surface area (Å²) in [6, 6.07) is 6.95. The van der Waals surface area contributed by atoms with Gasteiger partial charge in [0, 0.05) is 17.1 Å². The number of nitrogens with zero attached hydrogens (tertiary/aromatic N) is 1. The summed E-state index contributed by atoms with van der Waals surface area (Å²) in [5, 5.41) is 0. The molecule has 1 rings (SSSR count). The Hall–Kier alpha value is -1.73. The van der Waals surface area contributed by atoms with Gasteiger partial charge in [-0.1, -0.05) is 12.1 Å². The molecule has 0 saturated carbocycles. The minimum absolute atomic E-state index is 0.00273. The molecular formula is C13H21N5OS. The molecule has 7 heteroatoms. The molecule has 6 nitrogen and oxygen atoms in total. The largest absolute Gasteiger partial charge is 0.398 e. The quantitative estimate of drug-likeness (QED) is 0.179. The van der Waals surface area contributed by atoms with Crippen molar-refractivity contribution in [2.45, 2.75) is 23.8 Å². The van der Waals surface area contributed by atoms with Crippen LogP contribution in [0.5, 0.6) is 0 Å². The van der Waals surface area contributed by atoms with E-state index in [4.69, 9.17) is 22.9 Å². The molecule has 20 heavy (non-hydrogen) atoms. The van der Waals surface area contributed by atoms with E-state index in [0.29, 0.717) is 30.8 Å². The third kappa shape index (κ3) is 5.94. The highest BCUT2D eigenvalue weighted by atomic mass is 32.2. The van der Waals surface area contributed by atoms with Crippen LogP contribution in [0.15, 0.2) is 34.2 Å². The zero-order chi connectivity index (χ0) is 15.0. The minimum atomic E-state index is -0.485. The Kier molecular flexibility index (Phi) is 6.89. The van der Waals surface area contributed by atoms with Crippen molar-refractivity contribution < 1.29 is 4.79 Å². The van der Waals surface area contributed by atoms with Gasteiger partial charge in [-0.15, -0.1) is 11.8 Å². The number of nitrogen functional groups attached to an aromatic ring is 1. The second kappa shape index (κ2) is 8.44. The lowest BCUT2D eigenvalue weighted by molar-refractivity contribution is -0.117. The molecular weight excluding hydrogens is 274 g/mol. The number of para-hydroxylation sites is 1. The molecule has 0 saturated heterocycles. The van der Waals surface area contributed by atoms with Gasteiger partial charge < -0.3 is 22.9 Å². The maximum atomic E-state index is 11.9. The molecule has 0 aromatic heterocycles. The van der Waals surface area contributed by atoms with Crippen LogP contribution >= 0.6 is 11.8 Å². The molecule has 110 valence electrons. The van der Waals surface area contributed by atoms with Gasteiger partial charge in [0.25, 0.3) is 0 Å². The molecule has 0 amide bonds. The van der Waals surface area contributed by atoms with Gasteiger partial charge in [-0.3, -0.25) is 9.79 Å². The Bertz CT molecular complexity index is 474. The number of nitrogens with two attached hydrogens (primary N) is 4. The van der Waals surface area contributed by atoms with Crippen LogP contribution in [0.4, 0.5) is 5.69 Å². The lowest BCUT2D eigenvalue weighted by Gasteiger charge is -2.10. The summed E-state index contributed by atoms with van der Waals surface area (Å²) in [4.78, 5) is 16.6. The SMILES string of the molecule is NC(N)=NCCC[C@H](N)C(=O)CSc1ccccc1N. The third-order valence-corrected chi connectivity index (χ3v) is 3.78. The number of guanidine groups is 1. The van der Waals surface area contributed by atoms with Gasteiger partial charge in [-0.25, -0.2) is 0 Å². The van der Waals surface area contributed by atoms with E-state index in [-0.39, 0.29) is 11.7 Å². The van der Waals surface area contributed by atoms with E-state index < -0.39 is 6.04 Å². The zero-order valence-electron chi connectivity index (χ0n) is 11.3. The van der Waals surface area contributed by atoms with E-state index in [9.17, 15) is 4.79 Å². The molecule has 1 atom stereocenters. The Labute approximate surface area is 123 Å². The highest BCUT2D eigenvalue weighted by Gasteiger charge is 2.13. The average Bonchev–Trinajstić information content (AvgIpc) is 2.42. The smallest absolute Gasteiger partial charge is 0.185 e. The van der Waals surface area contributed by atoms with Crippen LogP contribution in [0.2, 0.25) is 0 Å². The summed E-state index contributed by atoms with van der Waals surface area (Å²) in [6.07, 6.45) is 1.25. The molecule has 1 aromatic carbocycles. The van der Waals surface area contributed by atoms with Crippen LogP contribution in [-0.2, 0) is 4.79 Å². The first kappa shape index (κ1) is 16.3. The van der Waals surface area contributed by atoms with Crippen molar-refractivity contribution in [3.8, 4) is 0 Å². The average molecular weight is 295 g/mol. The zero-order valence-corrected chi connectivity index (χ0v) is 12.1. The van der Waals surface area contributed by atoms with Gasteiger partial charge in [0.2, 0.25) is 0 Å². The van der Waals surface area contributed by atoms with Crippen molar-refractivity contribution in [3.05, 3.63) is 24.3 Å². The number of carbonyl (C=O) groups is 1. The summed E-state index contributed by atoms with van der Waals surface area (Å²) in [6.45, 7) is 0.488. The van der Waals surface area contributed by atoms with E-state index >= 15 is 0 Å². The van der Waals surface area contributed by atoms with Gasteiger partial charge >= 0.3 is 0 Å². The van der Waals surface area contributed by atoms with Crippen molar-refractivity contribution in [2.24, 2.45) is 22.2 Å². The van der Waals surface area contributed by atoms with Crippen LogP contribution in [0.1, 0.15) is 12.8 Å². The van der Waals surface area contributed by atoms with Crippen molar-refractivity contribution >= 4 is 29.2 Å². The van der Waals surface area contributed by atoms with Crippen molar-refractivity contribution in [1.29, 1.82) is 0 Å². The molecule has 0 aliphatic rings. The van der Waals surface area contributed by atoms with Crippen LogP contribution in [-0.4, -0.2) is 30.1 Å². The lowest BCUT2D eigenvalue weighted by atomic mass is 10.1. The second-order valence-electron chi connectivity index (χ2n) is 4.35. The Morgan fingerprint density at radius 3 is 2.65 bits per heavy atom. The molecule has 0 heterocycles. The predicted molar refractivity (Wildman–Crippen MR) is 84.5 cm³/mol. The van der Waals surface area contributed by atoms with Crippen LogP contribution in [0.25, 0.3) is 0 Å². The summed E-state index contributed by atoms with van der Waals surface area (Å²) in [5.41, 5.74) is 22.7. The predicted octanol–water partition coefficient (Wildman–Crippen LogP) is 0.311. The van der Waals surface area contributed by atoms with E-state index in [1.165, 1.54) is 11.8 Å². The van der Waals surface area contributed by atoms with Crippen LogP contribution < -0.4 is 22.9 Å². The number of anilines is 1. The summed E-state index contributed by atoms with van der Waals surface area (Å²) in [7, 11) is 0. The highest BCUT2D eigenvalue weighted by molar-refractivity contribution is 8.00. The first-order valence-corrected chi connectivity index (χ1v) is 7.30. The number of ketones is 1. The van der Waals surface area contributed by atoms with Gasteiger partial charge in [-0.2, -0.15) is 0 Å². The maximum absolute atomic E-state index is 11.9. The summed E-state index contributed by atoms with van der Waals surface area (Å²) < 4.78 is 0. The molecule has 8 N–H and O–H groups in total. The first-order chi connectivity index (χ1) is 9.50. The molecule has 0 radical (unpaired) electrons. The number of hydrogen-bond donors (Lipinski definition) is 4. The van der Waals surface area contributed by atoms with Crippen LogP contribution in [0.3, 0.4) is 0 Å². The van der Waals surface area contributed by atoms with E-state index in [2.05, 4.69) is 4.99 Å². The Balaban J connectivity index is 2.32. The Morgan fingerprint density at radius 2 is 2.00 bits per heavy atom. The number of aliphatic imine (C=N–C) groups is 1. The molecule has 1 aromatic rings. The fraction of sp³-hybridized carbons (Fsp3) is 0.385. The minimum Gasteiger partial charge on any atom is -0.398 e. The normalized spacial score (nSPS) is 11.8. The highest BCUT2D eigenvalue weighted by Crippen LogP contribution is 2.24. The molecule has 0 unspecified atom stereocenters. The number of carbonyl (C=O) groups excluding carboxylic acids is 1. The number of thioether (sulfide) groups is 1. The fourth-order valence-electron chi connectivity index (χ4n) is 1.55. The topological polar surface area (TPSA) is 134 Å². The standard InChI is InChI=1S/C13H21N5OS/c14-9(5-3-7-18-13(16)17)11(19)8-20-12-6-2-1-4-10(12)15/h1-2,4,6,9H,3,5,7-8,14-15H2,(H4,16,17,18)/t9-/m0/s1. The van der Waals surface area contributed by atoms with E-state index in [0.717, 1.165) is 4.90 Å². The molecule has 0 spiro atoms. The van der Waals surface area contributed by atoms with Gasteiger partial charge in [0.1, 0.15) is 0 Å². The number of rotatable bonds is 8. The number of benzene rings is 1. The summed E-state index contributed by atoms with van der Waals surface area (Å²) >= 11 is 1.41.